The van der Waals surface area contributed by atoms with Gasteiger partial charge in [-0.2, -0.15) is 0 Å². The topological polar surface area (TPSA) is 60.2 Å². The summed E-state index contributed by atoms with van der Waals surface area (Å²) in [5.41, 5.74) is 9.05. The molecule has 2 aromatic rings. The van der Waals surface area contributed by atoms with Crippen molar-refractivity contribution in [2.24, 2.45) is 5.41 Å². The van der Waals surface area contributed by atoms with Crippen LogP contribution in [0.2, 0.25) is 0 Å². The number of para-hydroxylation sites is 1. The maximum absolute atomic E-state index is 6.10. The molecule has 3 rings (SSSR count). The number of rotatable bonds is 3. The molecule has 3 N–H and O–H groups in total. The molecule has 0 unspecified atom stereocenters. The number of pyridine rings is 1. The number of benzene rings is 1. The molecule has 0 amide bonds. The van der Waals surface area contributed by atoms with E-state index in [0.29, 0.717) is 5.69 Å². The van der Waals surface area contributed by atoms with E-state index in [2.05, 4.69) is 23.3 Å². The first-order valence-corrected chi connectivity index (χ1v) is 7.13. The Balaban J connectivity index is 1.85. The van der Waals surface area contributed by atoms with Gasteiger partial charge in [0.05, 0.1) is 23.1 Å². The Bertz CT molecular complexity index is 606. The zero-order chi connectivity index (χ0) is 14.0. The van der Waals surface area contributed by atoms with E-state index in [1.54, 1.807) is 6.20 Å². The molecule has 0 spiro atoms. The average Bonchev–Trinajstić information content (AvgIpc) is 2.47. The van der Waals surface area contributed by atoms with Crippen molar-refractivity contribution in [1.82, 2.24) is 4.98 Å². The highest BCUT2D eigenvalue weighted by atomic mass is 16.5. The maximum Gasteiger partial charge on any atom is 0.0743 e. The van der Waals surface area contributed by atoms with Crippen LogP contribution in [-0.4, -0.2) is 24.7 Å². The van der Waals surface area contributed by atoms with Gasteiger partial charge in [0.2, 0.25) is 0 Å². The van der Waals surface area contributed by atoms with Crippen LogP contribution >= 0.6 is 0 Å². The minimum absolute atomic E-state index is 0.273. The number of hydrogen-bond acceptors (Lipinski definition) is 4. The Morgan fingerprint density at radius 3 is 2.85 bits per heavy atom. The van der Waals surface area contributed by atoms with Gasteiger partial charge in [-0.05, 0) is 24.3 Å². The van der Waals surface area contributed by atoms with Gasteiger partial charge >= 0.3 is 0 Å². The third-order valence-corrected chi connectivity index (χ3v) is 4.20. The molecule has 1 fully saturated rings. The molecule has 1 aromatic heterocycles. The highest BCUT2D eigenvalue weighted by Gasteiger charge is 2.27. The second-order valence-corrected chi connectivity index (χ2v) is 5.88. The summed E-state index contributed by atoms with van der Waals surface area (Å²) in [7, 11) is 0. The summed E-state index contributed by atoms with van der Waals surface area (Å²) in [5, 5.41) is 4.63. The summed E-state index contributed by atoms with van der Waals surface area (Å²) in [6.45, 7) is 4.92. The molecular weight excluding hydrogens is 250 g/mol. The molecule has 0 saturated carbocycles. The molecule has 20 heavy (non-hydrogen) atoms. The van der Waals surface area contributed by atoms with E-state index in [-0.39, 0.29) is 5.41 Å². The average molecular weight is 271 g/mol. The summed E-state index contributed by atoms with van der Waals surface area (Å²) < 4.78 is 5.45. The number of hydrogen-bond donors (Lipinski definition) is 2. The monoisotopic (exact) mass is 271 g/mol. The van der Waals surface area contributed by atoms with Gasteiger partial charge in [0, 0.05) is 25.1 Å². The number of ether oxygens (including phenoxy) is 1. The lowest BCUT2D eigenvalue weighted by Crippen LogP contribution is -2.33. The first-order chi connectivity index (χ1) is 9.68. The fourth-order valence-corrected chi connectivity index (χ4v) is 2.70. The number of fused-ring (bicyclic) bond motifs is 1. The first-order valence-electron chi connectivity index (χ1n) is 7.13. The van der Waals surface area contributed by atoms with Gasteiger partial charge in [-0.15, -0.1) is 0 Å². The summed E-state index contributed by atoms with van der Waals surface area (Å²) in [6.07, 6.45) is 3.91. The number of nitrogens with one attached hydrogen (secondary N) is 1. The van der Waals surface area contributed by atoms with Crippen molar-refractivity contribution in [3.8, 4) is 0 Å². The van der Waals surface area contributed by atoms with Crippen molar-refractivity contribution >= 4 is 22.3 Å². The standard InChI is InChI=1S/C16H21N3O/c1-16(6-8-20-9-7-16)11-19-15-12-4-2-3-5-14(12)18-10-13(15)17/h2-5,10H,6-9,11,17H2,1H3,(H,18,19). The SMILES string of the molecule is CC1(CNc2c(N)cnc3ccccc23)CCOCC1. The van der Waals surface area contributed by atoms with Gasteiger partial charge in [-0.25, -0.2) is 0 Å². The van der Waals surface area contributed by atoms with Gasteiger partial charge in [-0.3, -0.25) is 4.98 Å². The minimum atomic E-state index is 0.273. The van der Waals surface area contributed by atoms with Crippen molar-refractivity contribution < 1.29 is 4.74 Å². The van der Waals surface area contributed by atoms with E-state index < -0.39 is 0 Å². The summed E-state index contributed by atoms with van der Waals surface area (Å²) in [4.78, 5) is 4.37. The number of nitrogen functional groups attached to an aromatic ring is 1. The Morgan fingerprint density at radius 2 is 2.05 bits per heavy atom. The molecule has 106 valence electrons. The van der Waals surface area contributed by atoms with Gasteiger partial charge in [-0.1, -0.05) is 25.1 Å². The third-order valence-electron chi connectivity index (χ3n) is 4.20. The quantitative estimate of drug-likeness (QED) is 0.900. The van der Waals surface area contributed by atoms with Crippen molar-refractivity contribution in [3.63, 3.8) is 0 Å². The Kier molecular flexibility index (Phi) is 3.49. The third kappa shape index (κ3) is 2.56. The lowest BCUT2D eigenvalue weighted by atomic mass is 9.82. The van der Waals surface area contributed by atoms with Crippen molar-refractivity contribution in [2.45, 2.75) is 19.8 Å². The van der Waals surface area contributed by atoms with Crippen LogP contribution in [0.3, 0.4) is 0 Å². The predicted molar refractivity (Wildman–Crippen MR) is 82.8 cm³/mol. The van der Waals surface area contributed by atoms with E-state index in [0.717, 1.165) is 49.2 Å². The number of aromatic nitrogens is 1. The van der Waals surface area contributed by atoms with E-state index in [9.17, 15) is 0 Å². The number of anilines is 2. The van der Waals surface area contributed by atoms with Crippen LogP contribution in [0.1, 0.15) is 19.8 Å². The highest BCUT2D eigenvalue weighted by Crippen LogP contribution is 2.33. The smallest absolute Gasteiger partial charge is 0.0743 e. The fourth-order valence-electron chi connectivity index (χ4n) is 2.70. The van der Waals surface area contributed by atoms with E-state index in [1.807, 2.05) is 18.2 Å². The largest absolute Gasteiger partial charge is 0.396 e. The van der Waals surface area contributed by atoms with Crippen LogP contribution in [0.15, 0.2) is 30.5 Å². The molecule has 4 nitrogen and oxygen atoms in total. The summed E-state index contributed by atoms with van der Waals surface area (Å²) in [6, 6.07) is 8.09. The molecule has 1 aliphatic rings. The summed E-state index contributed by atoms with van der Waals surface area (Å²) in [5.74, 6) is 0. The second kappa shape index (κ2) is 5.29. The maximum atomic E-state index is 6.10. The Hall–Kier alpha value is -1.81. The van der Waals surface area contributed by atoms with E-state index in [1.165, 1.54) is 0 Å². The van der Waals surface area contributed by atoms with Crippen molar-refractivity contribution in [3.05, 3.63) is 30.5 Å². The molecule has 0 bridgehead atoms. The van der Waals surface area contributed by atoms with Crippen LogP contribution < -0.4 is 11.1 Å². The molecule has 1 saturated heterocycles. The molecule has 0 radical (unpaired) electrons. The second-order valence-electron chi connectivity index (χ2n) is 5.88. The zero-order valence-corrected chi connectivity index (χ0v) is 11.9. The Labute approximate surface area is 119 Å². The van der Waals surface area contributed by atoms with Crippen LogP contribution in [-0.2, 0) is 4.74 Å². The lowest BCUT2D eigenvalue weighted by molar-refractivity contribution is 0.0300. The van der Waals surface area contributed by atoms with Crippen molar-refractivity contribution in [2.75, 3.05) is 30.8 Å². The molecule has 0 atom stereocenters. The number of nitrogens with two attached hydrogens (primary N) is 1. The Morgan fingerprint density at radius 1 is 1.30 bits per heavy atom. The molecule has 1 aliphatic heterocycles. The minimum Gasteiger partial charge on any atom is -0.396 e. The van der Waals surface area contributed by atoms with E-state index in [4.69, 9.17) is 10.5 Å². The van der Waals surface area contributed by atoms with Gasteiger partial charge < -0.3 is 15.8 Å². The molecule has 0 aliphatic carbocycles. The van der Waals surface area contributed by atoms with Crippen LogP contribution in [0.5, 0.6) is 0 Å². The highest BCUT2D eigenvalue weighted by molar-refractivity contribution is 5.96. The predicted octanol–water partition coefficient (Wildman–Crippen LogP) is 3.05. The van der Waals surface area contributed by atoms with Crippen LogP contribution in [0.4, 0.5) is 11.4 Å². The fraction of sp³-hybridized carbons (Fsp3) is 0.438. The van der Waals surface area contributed by atoms with Crippen molar-refractivity contribution in [1.29, 1.82) is 0 Å². The van der Waals surface area contributed by atoms with Gasteiger partial charge in [0.15, 0.2) is 0 Å². The molecular formula is C16H21N3O. The van der Waals surface area contributed by atoms with E-state index >= 15 is 0 Å². The number of nitrogens with zero attached hydrogens (tertiary/aromatic N) is 1. The zero-order valence-electron chi connectivity index (χ0n) is 11.9. The molecule has 4 heteroatoms. The van der Waals surface area contributed by atoms with Gasteiger partial charge in [0.1, 0.15) is 0 Å². The summed E-state index contributed by atoms with van der Waals surface area (Å²) >= 11 is 0. The van der Waals surface area contributed by atoms with Crippen LogP contribution in [0.25, 0.3) is 10.9 Å². The van der Waals surface area contributed by atoms with Gasteiger partial charge in [0.25, 0.3) is 0 Å². The molecule has 1 aromatic carbocycles. The lowest BCUT2D eigenvalue weighted by Gasteiger charge is -2.34. The van der Waals surface area contributed by atoms with Crippen LogP contribution in [0, 0.1) is 5.41 Å². The normalized spacial score (nSPS) is 18.1. The first kappa shape index (κ1) is 13.2. The molecule has 2 heterocycles.